The largest absolute Gasteiger partial charge is 0.330 e. The fraction of sp³-hybridized carbons (Fsp3) is 0. The molecule has 6 heteroatoms. The number of aromatic nitrogens is 2. The maximum absolute atomic E-state index is 6.24. The van der Waals surface area contributed by atoms with E-state index in [0.29, 0.717) is 14.8 Å². The Hall–Kier alpha value is -0.810. The maximum Gasteiger partial charge on any atom is 0.182 e. The number of imidazole rings is 1. The van der Waals surface area contributed by atoms with Crippen LogP contribution in [-0.4, -0.2) is 9.55 Å². The monoisotopic (exact) mass is 372 g/mol. The van der Waals surface area contributed by atoms with Crippen LogP contribution in [-0.2, 0) is 0 Å². The number of nitrogens with one attached hydrogen (secondary N) is 1. The molecule has 0 amide bonds. The molecular formula is C13H7BrCl2N2S. The Kier molecular flexibility index (Phi) is 3.43. The van der Waals surface area contributed by atoms with Gasteiger partial charge >= 0.3 is 0 Å². The summed E-state index contributed by atoms with van der Waals surface area (Å²) in [5, 5.41) is 1.22. The molecule has 3 aromatic rings. The van der Waals surface area contributed by atoms with E-state index in [1.165, 1.54) is 0 Å². The van der Waals surface area contributed by atoms with Crippen LogP contribution in [0.15, 0.2) is 40.9 Å². The summed E-state index contributed by atoms with van der Waals surface area (Å²) in [7, 11) is 0. The number of halogens is 3. The summed E-state index contributed by atoms with van der Waals surface area (Å²) >= 11 is 21.1. The average Bonchev–Trinajstić information content (AvgIpc) is 2.67. The third kappa shape index (κ3) is 2.34. The lowest BCUT2D eigenvalue weighted by atomic mass is 10.3. The van der Waals surface area contributed by atoms with Crippen LogP contribution in [0.2, 0.25) is 10.0 Å². The van der Waals surface area contributed by atoms with Gasteiger partial charge in [0.15, 0.2) is 4.77 Å². The van der Waals surface area contributed by atoms with Crippen molar-refractivity contribution in [3.05, 3.63) is 55.7 Å². The predicted octanol–water partition coefficient (Wildman–Crippen LogP) is 5.76. The maximum atomic E-state index is 6.24. The van der Waals surface area contributed by atoms with Crippen LogP contribution in [0.5, 0.6) is 0 Å². The van der Waals surface area contributed by atoms with Gasteiger partial charge in [-0.1, -0.05) is 39.1 Å². The molecule has 0 aliphatic carbocycles. The van der Waals surface area contributed by atoms with Crippen molar-refractivity contribution in [2.24, 2.45) is 0 Å². The molecule has 0 saturated carbocycles. The third-order valence-electron chi connectivity index (χ3n) is 2.79. The highest BCUT2D eigenvalue weighted by Crippen LogP contribution is 2.29. The molecule has 2 aromatic carbocycles. The Morgan fingerprint density at radius 1 is 1.11 bits per heavy atom. The third-order valence-corrected chi connectivity index (χ3v) is 4.13. The van der Waals surface area contributed by atoms with E-state index < -0.39 is 0 Å². The van der Waals surface area contributed by atoms with Crippen LogP contribution in [0.1, 0.15) is 0 Å². The van der Waals surface area contributed by atoms with Gasteiger partial charge in [-0.25, -0.2) is 0 Å². The molecule has 96 valence electrons. The van der Waals surface area contributed by atoms with E-state index >= 15 is 0 Å². The van der Waals surface area contributed by atoms with E-state index in [-0.39, 0.29) is 0 Å². The van der Waals surface area contributed by atoms with Gasteiger partial charge in [0, 0.05) is 9.50 Å². The van der Waals surface area contributed by atoms with Gasteiger partial charge in [-0.3, -0.25) is 4.57 Å². The van der Waals surface area contributed by atoms with Crippen LogP contribution in [0.3, 0.4) is 0 Å². The van der Waals surface area contributed by atoms with Gasteiger partial charge in [0.2, 0.25) is 0 Å². The zero-order chi connectivity index (χ0) is 13.6. The minimum Gasteiger partial charge on any atom is -0.330 e. The number of aromatic amines is 1. The minimum atomic E-state index is 0.581. The van der Waals surface area contributed by atoms with E-state index in [9.17, 15) is 0 Å². The molecule has 0 unspecified atom stereocenters. The van der Waals surface area contributed by atoms with E-state index in [1.807, 2.05) is 22.8 Å². The Balaban J connectivity index is 2.39. The summed E-state index contributed by atoms with van der Waals surface area (Å²) in [5.74, 6) is 0. The predicted molar refractivity (Wildman–Crippen MR) is 86.2 cm³/mol. The van der Waals surface area contributed by atoms with E-state index in [4.69, 9.17) is 35.4 Å². The fourth-order valence-electron chi connectivity index (χ4n) is 1.98. The van der Waals surface area contributed by atoms with Crippen LogP contribution < -0.4 is 0 Å². The summed E-state index contributed by atoms with van der Waals surface area (Å²) in [4.78, 5) is 3.16. The standard InChI is InChI=1S/C13H7BrCl2N2S/c14-7-1-4-11-10(5-7)17-13(19)18(11)12-6-8(15)2-3-9(12)16/h1-6H,(H,17,19). The number of fused-ring (bicyclic) bond motifs is 1. The van der Waals surface area contributed by atoms with Crippen molar-refractivity contribution >= 4 is 62.4 Å². The second kappa shape index (κ2) is 4.94. The van der Waals surface area contributed by atoms with Gasteiger partial charge in [0.1, 0.15) is 0 Å². The van der Waals surface area contributed by atoms with E-state index in [2.05, 4.69) is 20.9 Å². The summed E-state index contributed by atoms with van der Waals surface area (Å²) in [6.07, 6.45) is 0. The van der Waals surface area contributed by atoms with Crippen LogP contribution >= 0.6 is 51.3 Å². The lowest BCUT2D eigenvalue weighted by Gasteiger charge is -2.07. The second-order valence-electron chi connectivity index (χ2n) is 4.02. The zero-order valence-electron chi connectivity index (χ0n) is 9.45. The van der Waals surface area contributed by atoms with Crippen LogP contribution in [0, 0.1) is 4.77 Å². The molecule has 2 nitrogen and oxygen atoms in total. The molecular weight excluding hydrogens is 367 g/mol. The molecule has 0 saturated heterocycles. The SMILES string of the molecule is S=c1[nH]c2cc(Br)ccc2n1-c1cc(Cl)ccc1Cl. The molecule has 0 radical (unpaired) electrons. The van der Waals surface area contributed by atoms with Crippen molar-refractivity contribution in [2.45, 2.75) is 0 Å². The average molecular weight is 374 g/mol. The first-order chi connectivity index (χ1) is 9.06. The number of rotatable bonds is 1. The fourth-order valence-corrected chi connectivity index (χ4v) is 3.02. The first-order valence-electron chi connectivity index (χ1n) is 5.42. The van der Waals surface area contributed by atoms with Crippen molar-refractivity contribution in [3.8, 4) is 5.69 Å². The lowest BCUT2D eigenvalue weighted by molar-refractivity contribution is 1.07. The second-order valence-corrected chi connectivity index (χ2v) is 6.17. The van der Waals surface area contributed by atoms with Gasteiger partial charge in [0.25, 0.3) is 0 Å². The summed E-state index contributed by atoms with van der Waals surface area (Å²) < 4.78 is 3.45. The number of hydrogen-bond acceptors (Lipinski definition) is 1. The number of nitrogens with zero attached hydrogens (tertiary/aromatic N) is 1. The van der Waals surface area contributed by atoms with Crippen LogP contribution in [0.25, 0.3) is 16.7 Å². The highest BCUT2D eigenvalue weighted by molar-refractivity contribution is 9.10. The Morgan fingerprint density at radius 2 is 1.89 bits per heavy atom. The summed E-state index contributed by atoms with van der Waals surface area (Å²) in [6.45, 7) is 0. The van der Waals surface area contributed by atoms with Crippen molar-refractivity contribution in [1.29, 1.82) is 0 Å². The number of hydrogen-bond donors (Lipinski definition) is 1. The minimum absolute atomic E-state index is 0.581. The van der Waals surface area contributed by atoms with E-state index in [0.717, 1.165) is 21.2 Å². The summed E-state index contributed by atoms with van der Waals surface area (Å²) in [6, 6.07) is 11.2. The Labute approximate surface area is 133 Å². The molecule has 0 spiro atoms. The van der Waals surface area contributed by atoms with Crippen molar-refractivity contribution < 1.29 is 0 Å². The molecule has 0 bridgehead atoms. The first-order valence-corrected chi connectivity index (χ1v) is 7.38. The van der Waals surface area contributed by atoms with Gasteiger partial charge in [-0.15, -0.1) is 0 Å². The topological polar surface area (TPSA) is 20.7 Å². The smallest absolute Gasteiger partial charge is 0.182 e. The van der Waals surface area contributed by atoms with Gasteiger partial charge < -0.3 is 4.98 Å². The Morgan fingerprint density at radius 3 is 2.68 bits per heavy atom. The van der Waals surface area contributed by atoms with Crippen molar-refractivity contribution in [1.82, 2.24) is 9.55 Å². The molecule has 0 fully saturated rings. The molecule has 3 rings (SSSR count). The van der Waals surface area contributed by atoms with Crippen molar-refractivity contribution in [3.63, 3.8) is 0 Å². The highest BCUT2D eigenvalue weighted by atomic mass is 79.9. The molecule has 1 aromatic heterocycles. The molecule has 1 heterocycles. The quantitative estimate of drug-likeness (QED) is 0.538. The normalized spacial score (nSPS) is 11.1. The molecule has 0 aliphatic heterocycles. The number of benzene rings is 2. The molecule has 0 atom stereocenters. The molecule has 19 heavy (non-hydrogen) atoms. The van der Waals surface area contributed by atoms with Gasteiger partial charge in [0.05, 0.1) is 21.7 Å². The zero-order valence-corrected chi connectivity index (χ0v) is 13.4. The van der Waals surface area contributed by atoms with Crippen molar-refractivity contribution in [2.75, 3.05) is 0 Å². The Bertz CT molecular complexity index is 838. The van der Waals surface area contributed by atoms with E-state index in [1.54, 1.807) is 18.2 Å². The molecule has 0 aliphatic rings. The van der Waals surface area contributed by atoms with Gasteiger partial charge in [-0.05, 0) is 48.6 Å². The highest BCUT2D eigenvalue weighted by Gasteiger charge is 2.10. The molecule has 1 N–H and O–H groups in total. The first kappa shape index (κ1) is 13.2. The lowest BCUT2D eigenvalue weighted by Crippen LogP contribution is -1.95. The number of H-pyrrole nitrogens is 1. The summed E-state index contributed by atoms with van der Waals surface area (Å²) in [5.41, 5.74) is 2.67. The van der Waals surface area contributed by atoms with Crippen LogP contribution in [0.4, 0.5) is 0 Å². The van der Waals surface area contributed by atoms with Gasteiger partial charge in [-0.2, -0.15) is 0 Å².